The molecule has 0 saturated carbocycles. The van der Waals surface area contributed by atoms with Crippen molar-refractivity contribution >= 4 is 86.2 Å². The summed E-state index contributed by atoms with van der Waals surface area (Å²) in [5.41, 5.74) is 13.6. The van der Waals surface area contributed by atoms with E-state index in [1.165, 1.54) is 142 Å². The van der Waals surface area contributed by atoms with Crippen molar-refractivity contribution < 1.29 is 0 Å². The molecule has 0 aliphatic carbocycles. The summed E-state index contributed by atoms with van der Waals surface area (Å²) in [4.78, 5) is 0. The van der Waals surface area contributed by atoms with Crippen LogP contribution in [0.15, 0.2) is 121 Å². The molecule has 0 aliphatic heterocycles. The Balaban J connectivity index is 1.47. The lowest BCUT2D eigenvalue weighted by atomic mass is 9.78. The standard InChI is InChI=1S/C58H50/c1-31-24-37(57(5,6)7)25-32(2)49(31)54-46-29-44-41-20-13-17-35-18-14-21-42(51(35)41)45(44)30-47(46)55(50-33(3)26-38(27-34(50)4)58(8,9)10)56-48-28-36-16-11-12-19-39(36)40-22-15-23-43(52(40)48)53(54)56/h11-30H,1-10H3. The summed E-state index contributed by atoms with van der Waals surface area (Å²) >= 11 is 0. The molecule has 0 nitrogen and oxygen atoms in total. The third-order valence-corrected chi connectivity index (χ3v) is 13.7. The van der Waals surface area contributed by atoms with E-state index in [9.17, 15) is 0 Å². The zero-order valence-corrected chi connectivity index (χ0v) is 35.5. The van der Waals surface area contributed by atoms with E-state index < -0.39 is 0 Å². The van der Waals surface area contributed by atoms with Crippen molar-refractivity contribution in [3.8, 4) is 22.3 Å². The Morgan fingerprint density at radius 1 is 0.276 bits per heavy atom. The van der Waals surface area contributed by atoms with E-state index in [1.54, 1.807) is 0 Å². The molecule has 0 spiro atoms. The van der Waals surface area contributed by atoms with E-state index in [2.05, 4.69) is 191 Å². The first kappa shape index (κ1) is 35.2. The van der Waals surface area contributed by atoms with E-state index in [0.29, 0.717) is 0 Å². The molecule has 0 aromatic heterocycles. The normalized spacial score (nSPS) is 13.0. The van der Waals surface area contributed by atoms with Gasteiger partial charge in [0, 0.05) is 0 Å². The average molecular weight is 747 g/mol. The fraction of sp³-hybridized carbons (Fsp3) is 0.207. The Kier molecular flexibility index (Phi) is 7.16. The minimum absolute atomic E-state index is 0.0439. The SMILES string of the molecule is Cc1cc(C(C)(C)C)cc(C)c1-c1c2cc3c(cc2c(-c2c(C)cc(C(C)(C)C)cc2C)c2c4cc5ccccc5c5cccc(c12)c54)c1cccc2cccc3c21. The molecule has 0 amide bonds. The fourth-order valence-corrected chi connectivity index (χ4v) is 11.0. The number of rotatable bonds is 2. The highest BCUT2D eigenvalue weighted by atomic mass is 14.3. The summed E-state index contributed by atoms with van der Waals surface area (Å²) in [6.45, 7) is 23.4. The highest BCUT2D eigenvalue weighted by Crippen LogP contribution is 2.55. The Morgan fingerprint density at radius 3 is 1.17 bits per heavy atom. The lowest BCUT2D eigenvalue weighted by Crippen LogP contribution is -2.12. The van der Waals surface area contributed by atoms with Gasteiger partial charge in [-0.2, -0.15) is 0 Å². The van der Waals surface area contributed by atoms with Crippen LogP contribution in [0.4, 0.5) is 0 Å². The van der Waals surface area contributed by atoms with E-state index in [4.69, 9.17) is 0 Å². The van der Waals surface area contributed by atoms with Crippen molar-refractivity contribution in [1.29, 1.82) is 0 Å². The Morgan fingerprint density at radius 2 is 0.672 bits per heavy atom. The molecule has 11 aromatic carbocycles. The van der Waals surface area contributed by atoms with Crippen LogP contribution in [0.25, 0.3) is 108 Å². The summed E-state index contributed by atoms with van der Waals surface area (Å²) in [5.74, 6) is 0. The molecule has 0 unspecified atom stereocenters. The van der Waals surface area contributed by atoms with Gasteiger partial charge in [0.2, 0.25) is 0 Å². The predicted molar refractivity (Wildman–Crippen MR) is 256 cm³/mol. The molecule has 11 aromatic rings. The Hall–Kier alpha value is -5.98. The van der Waals surface area contributed by atoms with Gasteiger partial charge in [-0.25, -0.2) is 0 Å². The number of hydrogen-bond acceptors (Lipinski definition) is 0. The molecule has 0 bridgehead atoms. The van der Waals surface area contributed by atoms with Gasteiger partial charge >= 0.3 is 0 Å². The zero-order valence-electron chi connectivity index (χ0n) is 35.5. The summed E-state index contributed by atoms with van der Waals surface area (Å²) in [5, 5.41) is 21.5. The molecule has 282 valence electrons. The molecule has 0 N–H and O–H groups in total. The molecule has 0 heteroatoms. The van der Waals surface area contributed by atoms with Crippen molar-refractivity contribution in [2.24, 2.45) is 0 Å². The highest BCUT2D eigenvalue weighted by molar-refractivity contribution is 6.44. The van der Waals surface area contributed by atoms with Crippen LogP contribution in [-0.2, 0) is 10.8 Å². The summed E-state index contributed by atoms with van der Waals surface area (Å²) in [6, 6.07) is 47.3. The maximum atomic E-state index is 2.59. The molecule has 0 fully saturated rings. The average Bonchev–Trinajstić information content (AvgIpc) is 3.67. The second kappa shape index (κ2) is 11.8. The topological polar surface area (TPSA) is 0 Å². The van der Waals surface area contributed by atoms with E-state index in [-0.39, 0.29) is 10.8 Å². The van der Waals surface area contributed by atoms with Gasteiger partial charge < -0.3 is 0 Å². The minimum atomic E-state index is 0.0439. The molecule has 0 heterocycles. The van der Waals surface area contributed by atoms with E-state index in [0.717, 1.165) is 0 Å². The van der Waals surface area contributed by atoms with Gasteiger partial charge in [-0.15, -0.1) is 0 Å². The van der Waals surface area contributed by atoms with Crippen molar-refractivity contribution in [3.05, 3.63) is 155 Å². The lowest BCUT2D eigenvalue weighted by molar-refractivity contribution is 0.589. The van der Waals surface area contributed by atoms with Crippen molar-refractivity contribution in [2.75, 3.05) is 0 Å². The van der Waals surface area contributed by atoms with Crippen LogP contribution in [0.1, 0.15) is 74.9 Å². The predicted octanol–water partition coefficient (Wildman–Crippen LogP) is 17.0. The fourth-order valence-electron chi connectivity index (χ4n) is 11.0. The van der Waals surface area contributed by atoms with Crippen molar-refractivity contribution in [3.63, 3.8) is 0 Å². The summed E-state index contributed by atoms with van der Waals surface area (Å²) in [7, 11) is 0. The monoisotopic (exact) mass is 746 g/mol. The van der Waals surface area contributed by atoms with Crippen LogP contribution < -0.4 is 0 Å². The number of aryl methyl sites for hydroxylation is 4. The molecule has 11 rings (SSSR count). The van der Waals surface area contributed by atoms with Gasteiger partial charge in [0.25, 0.3) is 0 Å². The van der Waals surface area contributed by atoms with Gasteiger partial charge in [-0.05, 0) is 199 Å². The van der Waals surface area contributed by atoms with Crippen LogP contribution in [0, 0.1) is 27.7 Å². The molecular formula is C58H50. The molecule has 0 saturated heterocycles. The van der Waals surface area contributed by atoms with Gasteiger partial charge in [0.05, 0.1) is 0 Å². The second-order valence-corrected chi connectivity index (χ2v) is 19.5. The first-order valence-corrected chi connectivity index (χ1v) is 21.1. The lowest BCUT2D eigenvalue weighted by Gasteiger charge is -2.26. The third kappa shape index (κ3) is 4.75. The first-order chi connectivity index (χ1) is 27.7. The summed E-state index contributed by atoms with van der Waals surface area (Å²) in [6.07, 6.45) is 0. The van der Waals surface area contributed by atoms with Crippen LogP contribution in [0.2, 0.25) is 0 Å². The highest BCUT2D eigenvalue weighted by Gasteiger charge is 2.29. The van der Waals surface area contributed by atoms with Gasteiger partial charge in [-0.3, -0.25) is 0 Å². The van der Waals surface area contributed by atoms with Crippen molar-refractivity contribution in [1.82, 2.24) is 0 Å². The quantitative estimate of drug-likeness (QED) is 0.155. The Labute approximate surface area is 341 Å². The number of fused-ring (bicyclic) bond motifs is 9. The number of benzene rings is 9. The molecule has 0 aliphatic rings. The zero-order chi connectivity index (χ0) is 40.2. The smallest absolute Gasteiger partial charge is 0.000698 e. The third-order valence-electron chi connectivity index (χ3n) is 13.7. The minimum Gasteiger partial charge on any atom is -0.0616 e. The van der Waals surface area contributed by atoms with Crippen LogP contribution >= 0.6 is 0 Å². The first-order valence-electron chi connectivity index (χ1n) is 21.1. The van der Waals surface area contributed by atoms with Crippen LogP contribution in [-0.4, -0.2) is 0 Å². The summed E-state index contributed by atoms with van der Waals surface area (Å²) < 4.78 is 0. The van der Waals surface area contributed by atoms with Gasteiger partial charge in [-0.1, -0.05) is 145 Å². The maximum absolute atomic E-state index is 2.59. The Bertz CT molecular complexity index is 3490. The van der Waals surface area contributed by atoms with Crippen LogP contribution in [0.3, 0.4) is 0 Å². The number of hydrogen-bond donors (Lipinski definition) is 0. The molecule has 0 atom stereocenters. The van der Waals surface area contributed by atoms with Crippen molar-refractivity contribution in [2.45, 2.75) is 80.1 Å². The molecule has 58 heavy (non-hydrogen) atoms. The second-order valence-electron chi connectivity index (χ2n) is 19.5. The van der Waals surface area contributed by atoms with Crippen LogP contribution in [0.5, 0.6) is 0 Å². The van der Waals surface area contributed by atoms with Gasteiger partial charge in [0.1, 0.15) is 0 Å². The molecular weight excluding hydrogens is 697 g/mol. The van der Waals surface area contributed by atoms with Gasteiger partial charge in [0.15, 0.2) is 0 Å². The van der Waals surface area contributed by atoms with E-state index >= 15 is 0 Å². The molecule has 0 radical (unpaired) electrons. The van der Waals surface area contributed by atoms with E-state index in [1.807, 2.05) is 0 Å². The largest absolute Gasteiger partial charge is 0.0616 e. The maximum Gasteiger partial charge on any atom is -0.000698 e.